The van der Waals surface area contributed by atoms with Gasteiger partial charge in [-0.2, -0.15) is 0 Å². The largest absolute Gasteiger partial charge is 0.367 e. The van der Waals surface area contributed by atoms with Crippen molar-refractivity contribution >= 4 is 17.4 Å². The summed E-state index contributed by atoms with van der Waals surface area (Å²) in [6.07, 6.45) is 4.59. The number of nitrogens with zero attached hydrogens (tertiary/aromatic N) is 2. The summed E-state index contributed by atoms with van der Waals surface area (Å²) in [6, 6.07) is 0.400. The Balaban J connectivity index is 2.79. The van der Waals surface area contributed by atoms with Crippen molar-refractivity contribution < 1.29 is 0 Å². The van der Waals surface area contributed by atoms with E-state index in [1.54, 1.807) is 0 Å². The molecule has 1 atom stereocenters. The van der Waals surface area contributed by atoms with Gasteiger partial charge in [-0.15, -0.1) is 0 Å². The Morgan fingerprint density at radius 2 is 2.00 bits per heavy atom. The summed E-state index contributed by atoms with van der Waals surface area (Å²) in [4.78, 5) is 8.34. The molecule has 1 unspecified atom stereocenters. The van der Waals surface area contributed by atoms with Gasteiger partial charge < -0.3 is 5.32 Å². The van der Waals surface area contributed by atoms with E-state index < -0.39 is 0 Å². The fraction of sp³-hybridized carbons (Fsp3) is 0.692. The minimum atomic E-state index is 0.400. The normalized spacial score (nSPS) is 12.8. The van der Waals surface area contributed by atoms with Gasteiger partial charge in [-0.25, -0.2) is 9.97 Å². The first-order chi connectivity index (χ1) is 8.04. The first-order valence-electron chi connectivity index (χ1n) is 6.30. The monoisotopic (exact) mass is 255 g/mol. The third-order valence-corrected chi connectivity index (χ3v) is 2.93. The summed E-state index contributed by atoms with van der Waals surface area (Å²) in [7, 11) is 0. The molecular weight excluding hydrogens is 234 g/mol. The summed E-state index contributed by atoms with van der Waals surface area (Å²) in [5.41, 5.74) is 1.03. The van der Waals surface area contributed by atoms with Crippen LogP contribution in [0.5, 0.6) is 0 Å². The predicted molar refractivity (Wildman–Crippen MR) is 73.6 cm³/mol. The highest BCUT2D eigenvalue weighted by molar-refractivity contribution is 6.30. The van der Waals surface area contributed by atoms with Crippen LogP contribution in [0, 0.1) is 5.92 Å². The number of anilines is 1. The highest BCUT2D eigenvalue weighted by atomic mass is 35.5. The molecule has 1 heterocycles. The smallest absolute Gasteiger partial charge is 0.137 e. The van der Waals surface area contributed by atoms with Gasteiger partial charge in [0.15, 0.2) is 0 Å². The van der Waals surface area contributed by atoms with E-state index in [1.807, 2.05) is 0 Å². The molecule has 0 saturated carbocycles. The molecule has 1 aromatic rings. The molecule has 96 valence electrons. The number of hydrogen-bond donors (Lipinski definition) is 1. The zero-order chi connectivity index (χ0) is 12.8. The number of hydrogen-bond acceptors (Lipinski definition) is 3. The van der Waals surface area contributed by atoms with Gasteiger partial charge in [0, 0.05) is 11.6 Å². The third kappa shape index (κ3) is 4.50. The van der Waals surface area contributed by atoms with Gasteiger partial charge in [0.1, 0.15) is 17.3 Å². The molecule has 1 rings (SSSR count). The predicted octanol–water partition coefficient (Wildman–Crippen LogP) is 3.93. The number of aromatic nitrogens is 2. The Morgan fingerprint density at radius 1 is 1.29 bits per heavy atom. The standard InChI is InChI=1S/C13H22ClN3/c1-5-6-11-12(14)15-8-16-13(11)17-10(4)7-9(2)3/h8-10H,5-7H2,1-4H3,(H,15,16,17). The summed E-state index contributed by atoms with van der Waals surface area (Å²) in [5.74, 6) is 1.56. The second-order valence-corrected chi connectivity index (χ2v) is 5.27. The van der Waals surface area contributed by atoms with E-state index in [0.29, 0.717) is 17.1 Å². The highest BCUT2D eigenvalue weighted by Gasteiger charge is 2.12. The van der Waals surface area contributed by atoms with Crippen LogP contribution >= 0.6 is 11.6 Å². The summed E-state index contributed by atoms with van der Waals surface area (Å²) >= 11 is 6.11. The third-order valence-electron chi connectivity index (χ3n) is 2.60. The van der Waals surface area contributed by atoms with Crippen molar-refractivity contribution in [2.75, 3.05) is 5.32 Å². The molecular formula is C13H22ClN3. The second-order valence-electron chi connectivity index (χ2n) is 4.92. The Morgan fingerprint density at radius 3 is 2.59 bits per heavy atom. The van der Waals surface area contributed by atoms with E-state index in [-0.39, 0.29) is 0 Å². The maximum Gasteiger partial charge on any atom is 0.137 e. The maximum atomic E-state index is 6.11. The molecule has 4 heteroatoms. The zero-order valence-corrected chi connectivity index (χ0v) is 11.9. The lowest BCUT2D eigenvalue weighted by Crippen LogP contribution is -2.19. The maximum absolute atomic E-state index is 6.11. The number of rotatable bonds is 6. The molecule has 0 aromatic carbocycles. The van der Waals surface area contributed by atoms with Crippen molar-refractivity contribution in [1.29, 1.82) is 0 Å². The summed E-state index contributed by atoms with van der Waals surface area (Å²) in [5, 5.41) is 4.00. The summed E-state index contributed by atoms with van der Waals surface area (Å²) in [6.45, 7) is 8.74. The van der Waals surface area contributed by atoms with Crippen LogP contribution in [0.4, 0.5) is 5.82 Å². The average molecular weight is 256 g/mol. The molecule has 0 amide bonds. The van der Waals surface area contributed by atoms with Gasteiger partial charge in [0.25, 0.3) is 0 Å². The van der Waals surface area contributed by atoms with Crippen LogP contribution in [-0.4, -0.2) is 16.0 Å². The van der Waals surface area contributed by atoms with Crippen LogP contribution in [0.3, 0.4) is 0 Å². The van der Waals surface area contributed by atoms with Crippen molar-refractivity contribution in [2.45, 2.75) is 53.0 Å². The van der Waals surface area contributed by atoms with Crippen LogP contribution in [0.2, 0.25) is 5.15 Å². The van der Waals surface area contributed by atoms with Crippen molar-refractivity contribution in [3.63, 3.8) is 0 Å². The number of halogens is 1. The van der Waals surface area contributed by atoms with Crippen molar-refractivity contribution in [3.05, 3.63) is 17.0 Å². The lowest BCUT2D eigenvalue weighted by atomic mass is 10.0. The molecule has 0 fully saturated rings. The fourth-order valence-corrected chi connectivity index (χ4v) is 2.21. The van der Waals surface area contributed by atoms with Crippen LogP contribution in [0.15, 0.2) is 6.33 Å². The molecule has 17 heavy (non-hydrogen) atoms. The van der Waals surface area contributed by atoms with Gasteiger partial charge in [0.2, 0.25) is 0 Å². The van der Waals surface area contributed by atoms with Crippen LogP contribution in [0.25, 0.3) is 0 Å². The molecule has 0 saturated heterocycles. The van der Waals surface area contributed by atoms with Crippen molar-refractivity contribution in [3.8, 4) is 0 Å². The van der Waals surface area contributed by atoms with Gasteiger partial charge in [-0.05, 0) is 25.7 Å². The van der Waals surface area contributed by atoms with Crippen LogP contribution < -0.4 is 5.32 Å². The average Bonchev–Trinajstić information content (AvgIpc) is 2.22. The first kappa shape index (κ1) is 14.2. The van der Waals surface area contributed by atoms with Gasteiger partial charge >= 0.3 is 0 Å². The quantitative estimate of drug-likeness (QED) is 0.783. The minimum absolute atomic E-state index is 0.400. The summed E-state index contributed by atoms with van der Waals surface area (Å²) < 4.78 is 0. The van der Waals surface area contributed by atoms with Crippen LogP contribution in [0.1, 0.15) is 46.1 Å². The molecule has 0 radical (unpaired) electrons. The Hall–Kier alpha value is -0.830. The van der Waals surface area contributed by atoms with Crippen molar-refractivity contribution in [2.24, 2.45) is 5.92 Å². The lowest BCUT2D eigenvalue weighted by Gasteiger charge is -2.18. The molecule has 0 aliphatic heterocycles. The topological polar surface area (TPSA) is 37.8 Å². The Bertz CT molecular complexity index is 353. The molecule has 1 N–H and O–H groups in total. The van der Waals surface area contributed by atoms with E-state index in [4.69, 9.17) is 11.6 Å². The van der Waals surface area contributed by atoms with Crippen LogP contribution in [-0.2, 0) is 6.42 Å². The van der Waals surface area contributed by atoms with E-state index in [9.17, 15) is 0 Å². The van der Waals surface area contributed by atoms with Crippen molar-refractivity contribution in [1.82, 2.24) is 9.97 Å². The Labute approximate surface area is 109 Å². The van der Waals surface area contributed by atoms with E-state index in [2.05, 4.69) is 43.0 Å². The van der Waals surface area contributed by atoms with Gasteiger partial charge in [0.05, 0.1) is 0 Å². The molecule has 0 bridgehead atoms. The van der Waals surface area contributed by atoms with Gasteiger partial charge in [-0.3, -0.25) is 0 Å². The van der Waals surface area contributed by atoms with E-state index in [1.165, 1.54) is 6.33 Å². The minimum Gasteiger partial charge on any atom is -0.367 e. The molecule has 0 spiro atoms. The van der Waals surface area contributed by atoms with E-state index >= 15 is 0 Å². The molecule has 0 aliphatic rings. The SMILES string of the molecule is CCCc1c(Cl)ncnc1NC(C)CC(C)C. The fourth-order valence-electron chi connectivity index (χ4n) is 1.99. The number of nitrogens with one attached hydrogen (secondary N) is 1. The molecule has 3 nitrogen and oxygen atoms in total. The first-order valence-corrected chi connectivity index (χ1v) is 6.68. The lowest BCUT2D eigenvalue weighted by molar-refractivity contribution is 0.538. The molecule has 1 aromatic heterocycles. The molecule has 0 aliphatic carbocycles. The second kappa shape index (κ2) is 6.80. The highest BCUT2D eigenvalue weighted by Crippen LogP contribution is 2.22. The zero-order valence-electron chi connectivity index (χ0n) is 11.1. The Kier molecular flexibility index (Phi) is 5.69. The van der Waals surface area contributed by atoms with Gasteiger partial charge in [-0.1, -0.05) is 38.8 Å². The van der Waals surface area contributed by atoms with E-state index in [0.717, 1.165) is 30.6 Å².